The molecular formula is C21H25NO5. The van der Waals surface area contributed by atoms with Crippen LogP contribution in [0.1, 0.15) is 44.2 Å². The van der Waals surface area contributed by atoms with Gasteiger partial charge in [-0.15, -0.1) is 5.06 Å². The molecule has 3 unspecified atom stereocenters. The number of ether oxygens (including phenoxy) is 2. The van der Waals surface area contributed by atoms with Crippen LogP contribution in [0.25, 0.3) is 0 Å². The molecule has 0 bridgehead atoms. The van der Waals surface area contributed by atoms with Gasteiger partial charge < -0.3 is 14.6 Å². The predicted octanol–water partition coefficient (Wildman–Crippen LogP) is 3.95. The maximum Gasteiger partial charge on any atom is 0.335 e. The normalized spacial score (nSPS) is 23.3. The van der Waals surface area contributed by atoms with Gasteiger partial charge in [-0.3, -0.25) is 4.84 Å². The quantitative estimate of drug-likeness (QED) is 0.858. The Labute approximate surface area is 159 Å². The molecule has 0 aromatic heterocycles. The Hall–Kier alpha value is -2.41. The van der Waals surface area contributed by atoms with Crippen molar-refractivity contribution in [2.24, 2.45) is 0 Å². The fourth-order valence-corrected chi connectivity index (χ4v) is 3.13. The monoisotopic (exact) mass is 371 g/mol. The summed E-state index contributed by atoms with van der Waals surface area (Å²) in [6.45, 7) is 5.77. The van der Waals surface area contributed by atoms with Crippen molar-refractivity contribution in [3.63, 3.8) is 0 Å². The zero-order valence-corrected chi connectivity index (χ0v) is 16.0. The smallest absolute Gasteiger partial charge is 0.335 e. The number of hydroxylamine groups is 2. The highest BCUT2D eigenvalue weighted by Gasteiger charge is 2.49. The highest BCUT2D eigenvalue weighted by atomic mass is 16.7. The van der Waals surface area contributed by atoms with E-state index in [1.165, 1.54) is 0 Å². The summed E-state index contributed by atoms with van der Waals surface area (Å²) in [5.41, 5.74) is 1.10. The minimum atomic E-state index is -1.05. The first-order valence-corrected chi connectivity index (χ1v) is 8.85. The molecule has 27 heavy (non-hydrogen) atoms. The van der Waals surface area contributed by atoms with E-state index < -0.39 is 29.9 Å². The molecule has 2 aromatic rings. The maximum absolute atomic E-state index is 11.9. The standard InChI is InChI=1S/C21H25NO5/c1-21(2,3)27-22-17(14-8-6-5-7-9-14)18(20(23)24)26-19(22)15-10-12-16(25-4)13-11-15/h5-13,17-19H,1-4H3,(H,23,24). The molecule has 6 nitrogen and oxygen atoms in total. The minimum Gasteiger partial charge on any atom is -0.497 e. The van der Waals surface area contributed by atoms with E-state index in [1.54, 1.807) is 12.2 Å². The third-order valence-electron chi connectivity index (χ3n) is 4.23. The maximum atomic E-state index is 11.9. The van der Waals surface area contributed by atoms with Crippen molar-refractivity contribution in [2.75, 3.05) is 7.11 Å². The molecule has 0 radical (unpaired) electrons. The highest BCUT2D eigenvalue weighted by Crippen LogP contribution is 2.44. The molecule has 0 saturated carbocycles. The van der Waals surface area contributed by atoms with Crippen LogP contribution in [0.2, 0.25) is 0 Å². The fourth-order valence-electron chi connectivity index (χ4n) is 3.13. The molecule has 0 amide bonds. The van der Waals surface area contributed by atoms with Crippen LogP contribution >= 0.6 is 0 Å². The molecule has 3 atom stereocenters. The predicted molar refractivity (Wildman–Crippen MR) is 100 cm³/mol. The molecule has 6 heteroatoms. The van der Waals surface area contributed by atoms with E-state index in [9.17, 15) is 9.90 Å². The third kappa shape index (κ3) is 4.30. The molecule has 2 aromatic carbocycles. The molecule has 0 aliphatic carbocycles. The number of nitrogens with zero attached hydrogens (tertiary/aromatic N) is 1. The summed E-state index contributed by atoms with van der Waals surface area (Å²) in [7, 11) is 1.60. The summed E-state index contributed by atoms with van der Waals surface area (Å²) >= 11 is 0. The van der Waals surface area contributed by atoms with E-state index >= 15 is 0 Å². The molecule has 144 valence electrons. The number of carboxylic acid groups (broad SMARTS) is 1. The average Bonchev–Trinajstić information content (AvgIpc) is 3.00. The zero-order chi connectivity index (χ0) is 19.6. The second kappa shape index (κ2) is 7.68. The summed E-state index contributed by atoms with van der Waals surface area (Å²) in [5.74, 6) is -0.309. The lowest BCUT2D eigenvalue weighted by atomic mass is 10.0. The van der Waals surface area contributed by atoms with Gasteiger partial charge in [0, 0.05) is 0 Å². The van der Waals surface area contributed by atoms with E-state index in [0.29, 0.717) is 0 Å². The van der Waals surface area contributed by atoms with Crippen molar-refractivity contribution in [1.82, 2.24) is 5.06 Å². The molecule has 1 saturated heterocycles. The molecule has 1 aliphatic rings. The van der Waals surface area contributed by atoms with E-state index in [2.05, 4.69) is 0 Å². The van der Waals surface area contributed by atoms with E-state index in [1.807, 2.05) is 75.4 Å². The van der Waals surface area contributed by atoms with E-state index in [0.717, 1.165) is 16.9 Å². The number of rotatable bonds is 5. The number of hydrogen-bond donors (Lipinski definition) is 1. The van der Waals surface area contributed by atoms with Crippen LogP contribution in [0.5, 0.6) is 5.75 Å². The number of benzene rings is 2. The van der Waals surface area contributed by atoms with Gasteiger partial charge in [-0.1, -0.05) is 42.5 Å². The van der Waals surface area contributed by atoms with Crippen LogP contribution in [0.15, 0.2) is 54.6 Å². The molecular weight excluding hydrogens is 346 g/mol. The largest absolute Gasteiger partial charge is 0.497 e. The summed E-state index contributed by atoms with van der Waals surface area (Å²) in [5, 5.41) is 11.4. The Morgan fingerprint density at radius 1 is 1.04 bits per heavy atom. The van der Waals surface area contributed by atoms with Gasteiger partial charge in [0.1, 0.15) is 11.8 Å². The van der Waals surface area contributed by atoms with Crippen molar-refractivity contribution >= 4 is 5.97 Å². The molecule has 1 aliphatic heterocycles. The van der Waals surface area contributed by atoms with Gasteiger partial charge in [0.2, 0.25) is 0 Å². The molecule has 1 fully saturated rings. The van der Waals surface area contributed by atoms with Gasteiger partial charge in [-0.25, -0.2) is 4.79 Å². The Balaban J connectivity index is 2.04. The number of carbonyl (C=O) groups is 1. The second-order valence-electron chi connectivity index (χ2n) is 7.44. The summed E-state index contributed by atoms with van der Waals surface area (Å²) < 4.78 is 11.2. The van der Waals surface area contributed by atoms with Crippen molar-refractivity contribution < 1.29 is 24.2 Å². The topological polar surface area (TPSA) is 68.2 Å². The summed E-state index contributed by atoms with van der Waals surface area (Å²) in [4.78, 5) is 18.1. The molecule has 1 N–H and O–H groups in total. The van der Waals surface area contributed by atoms with Crippen LogP contribution < -0.4 is 4.74 Å². The first-order chi connectivity index (χ1) is 12.8. The SMILES string of the molecule is COc1ccc(C2OC(C(=O)O)C(c3ccccc3)N2OC(C)(C)C)cc1. The van der Waals surface area contributed by atoms with Crippen LogP contribution in [0.3, 0.4) is 0 Å². The lowest BCUT2D eigenvalue weighted by molar-refractivity contribution is -0.278. The lowest BCUT2D eigenvalue weighted by Gasteiger charge is -2.34. The number of methoxy groups -OCH3 is 1. The molecule has 1 heterocycles. The van der Waals surface area contributed by atoms with E-state index in [-0.39, 0.29) is 0 Å². The summed E-state index contributed by atoms with van der Waals surface area (Å²) in [6, 6.07) is 16.2. The number of carboxylic acids is 1. The Bertz CT molecular complexity index is 769. The summed E-state index contributed by atoms with van der Waals surface area (Å²) in [6.07, 6.45) is -1.71. The van der Waals surface area contributed by atoms with Gasteiger partial charge in [0.05, 0.1) is 12.7 Å². The van der Waals surface area contributed by atoms with Crippen LogP contribution in [-0.4, -0.2) is 35.0 Å². The van der Waals surface area contributed by atoms with Crippen LogP contribution in [-0.2, 0) is 14.4 Å². The van der Waals surface area contributed by atoms with Crippen molar-refractivity contribution in [3.05, 3.63) is 65.7 Å². The molecule has 3 rings (SSSR count). The molecule has 0 spiro atoms. The Morgan fingerprint density at radius 3 is 2.19 bits per heavy atom. The van der Waals surface area contributed by atoms with Crippen LogP contribution in [0, 0.1) is 0 Å². The zero-order valence-electron chi connectivity index (χ0n) is 16.0. The van der Waals surface area contributed by atoms with Crippen molar-refractivity contribution in [3.8, 4) is 5.75 Å². The average molecular weight is 371 g/mol. The van der Waals surface area contributed by atoms with Gasteiger partial charge in [0.15, 0.2) is 12.3 Å². The third-order valence-corrected chi connectivity index (χ3v) is 4.23. The Kier molecular flexibility index (Phi) is 5.51. The first kappa shape index (κ1) is 19.4. The van der Waals surface area contributed by atoms with Crippen molar-refractivity contribution in [1.29, 1.82) is 0 Å². The Morgan fingerprint density at radius 2 is 1.67 bits per heavy atom. The minimum absolute atomic E-state index is 0.519. The van der Waals surface area contributed by atoms with Gasteiger partial charge in [0.25, 0.3) is 0 Å². The van der Waals surface area contributed by atoms with E-state index in [4.69, 9.17) is 14.3 Å². The number of aliphatic carboxylic acids is 1. The van der Waals surface area contributed by atoms with Gasteiger partial charge in [-0.2, -0.15) is 0 Å². The second-order valence-corrected chi connectivity index (χ2v) is 7.44. The van der Waals surface area contributed by atoms with Gasteiger partial charge >= 0.3 is 5.97 Å². The van der Waals surface area contributed by atoms with Crippen molar-refractivity contribution in [2.45, 2.75) is 44.7 Å². The van der Waals surface area contributed by atoms with Crippen LogP contribution in [0.4, 0.5) is 0 Å². The van der Waals surface area contributed by atoms with Gasteiger partial charge in [-0.05, 0) is 44.0 Å². The highest BCUT2D eigenvalue weighted by molar-refractivity contribution is 5.74. The first-order valence-electron chi connectivity index (χ1n) is 8.85. The number of hydrogen-bond acceptors (Lipinski definition) is 5. The fraction of sp³-hybridized carbons (Fsp3) is 0.381. The lowest BCUT2D eigenvalue weighted by Crippen LogP contribution is -2.38.